The minimum Gasteiger partial charge on any atom is -0.462 e. The maximum Gasteiger partial charge on any atom is 0.330 e. The Morgan fingerprint density at radius 2 is 2.40 bits per heavy atom. The summed E-state index contributed by atoms with van der Waals surface area (Å²) >= 11 is 0. The van der Waals surface area contributed by atoms with E-state index in [9.17, 15) is 4.79 Å². The third-order valence-corrected chi connectivity index (χ3v) is 5.20. The highest BCUT2D eigenvalue weighted by Crippen LogP contribution is 2.51. The van der Waals surface area contributed by atoms with Crippen molar-refractivity contribution in [1.29, 1.82) is 0 Å². The molecule has 3 aliphatic heterocycles. The van der Waals surface area contributed by atoms with Gasteiger partial charge < -0.3 is 9.47 Å². The molecule has 0 radical (unpaired) electrons. The summed E-state index contributed by atoms with van der Waals surface area (Å²) in [6.07, 6.45) is 10.4. The molecule has 1 aliphatic carbocycles. The molecule has 1 spiro atoms. The summed E-state index contributed by atoms with van der Waals surface area (Å²) in [5.74, 6) is 0.178. The van der Waals surface area contributed by atoms with Crippen molar-refractivity contribution < 1.29 is 14.3 Å². The van der Waals surface area contributed by atoms with Crippen LogP contribution >= 0.6 is 0 Å². The number of nitrogens with zero attached hydrogens (tertiary/aromatic N) is 1. The average Bonchev–Trinajstić information content (AvgIpc) is 2.86. The Labute approximate surface area is 118 Å². The van der Waals surface area contributed by atoms with E-state index in [1.807, 2.05) is 0 Å². The van der Waals surface area contributed by atoms with Crippen LogP contribution in [0.1, 0.15) is 12.8 Å². The van der Waals surface area contributed by atoms with Gasteiger partial charge in [-0.05, 0) is 17.6 Å². The van der Waals surface area contributed by atoms with E-state index < -0.39 is 0 Å². The number of hydrogen-bond acceptors (Lipinski definition) is 4. The van der Waals surface area contributed by atoms with E-state index in [4.69, 9.17) is 9.47 Å². The molecule has 4 aliphatic rings. The van der Waals surface area contributed by atoms with E-state index >= 15 is 0 Å². The van der Waals surface area contributed by atoms with Gasteiger partial charge in [0.15, 0.2) is 0 Å². The highest BCUT2D eigenvalue weighted by atomic mass is 16.5. The number of hydrogen-bond donors (Lipinski definition) is 0. The van der Waals surface area contributed by atoms with Crippen molar-refractivity contribution in [3.05, 3.63) is 35.5 Å². The first-order valence-corrected chi connectivity index (χ1v) is 7.29. The number of rotatable bonds is 1. The molecule has 3 atom stereocenters. The fraction of sp³-hybridized carbons (Fsp3) is 0.562. The Morgan fingerprint density at radius 1 is 1.50 bits per heavy atom. The Balaban J connectivity index is 1.84. The van der Waals surface area contributed by atoms with Crippen LogP contribution in [0.3, 0.4) is 0 Å². The largest absolute Gasteiger partial charge is 0.462 e. The molecule has 0 N–H and O–H groups in total. The molecule has 0 aromatic heterocycles. The molecule has 3 heterocycles. The molecular weight excluding hydrogens is 254 g/mol. The Morgan fingerprint density at radius 3 is 3.25 bits per heavy atom. The van der Waals surface area contributed by atoms with Crippen molar-refractivity contribution in [3.8, 4) is 0 Å². The molecule has 4 heteroatoms. The lowest BCUT2D eigenvalue weighted by Crippen LogP contribution is -2.57. The molecule has 0 bridgehead atoms. The molecule has 0 amide bonds. The second kappa shape index (κ2) is 4.30. The van der Waals surface area contributed by atoms with E-state index in [1.165, 1.54) is 11.1 Å². The van der Waals surface area contributed by atoms with Crippen molar-refractivity contribution in [3.63, 3.8) is 0 Å². The van der Waals surface area contributed by atoms with E-state index in [1.54, 1.807) is 13.2 Å². The van der Waals surface area contributed by atoms with Gasteiger partial charge in [0.1, 0.15) is 0 Å². The number of carbonyl (C=O) groups is 1. The molecule has 20 heavy (non-hydrogen) atoms. The molecular formula is C16H19NO3. The lowest BCUT2D eigenvalue weighted by molar-refractivity contribution is -0.141. The van der Waals surface area contributed by atoms with E-state index in [2.05, 4.69) is 23.1 Å². The van der Waals surface area contributed by atoms with Gasteiger partial charge >= 0.3 is 5.97 Å². The average molecular weight is 273 g/mol. The molecule has 106 valence electrons. The zero-order chi connectivity index (χ0) is 13.7. The van der Waals surface area contributed by atoms with Crippen molar-refractivity contribution in [1.82, 2.24) is 4.90 Å². The fourth-order valence-corrected chi connectivity index (χ4v) is 4.22. The summed E-state index contributed by atoms with van der Waals surface area (Å²) in [6.45, 7) is 2.56. The van der Waals surface area contributed by atoms with Crippen molar-refractivity contribution in [2.45, 2.75) is 24.5 Å². The van der Waals surface area contributed by atoms with Crippen LogP contribution in [0.25, 0.3) is 0 Å². The van der Waals surface area contributed by atoms with Gasteiger partial charge in [-0.3, -0.25) is 4.90 Å². The van der Waals surface area contributed by atoms with Crippen LogP contribution in [0.4, 0.5) is 0 Å². The van der Waals surface area contributed by atoms with Crippen LogP contribution in [-0.4, -0.2) is 49.3 Å². The first-order chi connectivity index (χ1) is 9.74. The third-order valence-electron chi connectivity index (χ3n) is 5.20. The molecule has 0 saturated carbocycles. The monoisotopic (exact) mass is 273 g/mol. The van der Waals surface area contributed by atoms with Crippen LogP contribution in [0, 0.1) is 5.92 Å². The summed E-state index contributed by atoms with van der Waals surface area (Å²) in [5, 5.41) is 0. The normalized spacial score (nSPS) is 39.4. The van der Waals surface area contributed by atoms with E-state index in [-0.39, 0.29) is 17.6 Å². The van der Waals surface area contributed by atoms with Crippen molar-refractivity contribution >= 4 is 5.97 Å². The number of esters is 1. The standard InChI is InChI=1S/C16H19NO3/c1-19-13-3-2-12-5-7-17-6-4-11-10-20-15(18)8-14(11)16(12,17)9-13/h2-3,5,8,11,13H,4,6-7,9-10H2,1H3/t11?,13?,16-/m0/s1. The van der Waals surface area contributed by atoms with E-state index in [0.29, 0.717) is 12.5 Å². The zero-order valence-corrected chi connectivity index (χ0v) is 11.7. The van der Waals surface area contributed by atoms with Gasteiger partial charge in [0, 0.05) is 38.6 Å². The van der Waals surface area contributed by atoms with Gasteiger partial charge in [-0.1, -0.05) is 18.2 Å². The number of methoxy groups -OCH3 is 1. The number of carbonyl (C=O) groups excluding carboxylic acids is 1. The smallest absolute Gasteiger partial charge is 0.330 e. The van der Waals surface area contributed by atoms with Crippen LogP contribution in [0.15, 0.2) is 35.5 Å². The summed E-state index contributed by atoms with van der Waals surface area (Å²) < 4.78 is 10.8. The summed E-state index contributed by atoms with van der Waals surface area (Å²) in [4.78, 5) is 14.2. The van der Waals surface area contributed by atoms with Gasteiger partial charge in [-0.2, -0.15) is 0 Å². The summed E-state index contributed by atoms with van der Waals surface area (Å²) in [5.41, 5.74) is 2.45. The highest BCUT2D eigenvalue weighted by molar-refractivity contribution is 5.85. The second-order valence-corrected chi connectivity index (χ2v) is 6.02. The highest BCUT2D eigenvalue weighted by Gasteiger charge is 2.53. The van der Waals surface area contributed by atoms with Crippen molar-refractivity contribution in [2.75, 3.05) is 26.8 Å². The van der Waals surface area contributed by atoms with Crippen LogP contribution in [0.5, 0.6) is 0 Å². The summed E-state index contributed by atoms with van der Waals surface area (Å²) in [7, 11) is 1.75. The summed E-state index contributed by atoms with van der Waals surface area (Å²) in [6, 6.07) is 0. The van der Waals surface area contributed by atoms with Crippen LogP contribution in [-0.2, 0) is 14.3 Å². The fourth-order valence-electron chi connectivity index (χ4n) is 4.22. The quantitative estimate of drug-likeness (QED) is 0.678. The van der Waals surface area contributed by atoms with Gasteiger partial charge in [0.2, 0.25) is 0 Å². The van der Waals surface area contributed by atoms with Gasteiger partial charge in [-0.25, -0.2) is 4.79 Å². The maximum atomic E-state index is 11.7. The lowest BCUT2D eigenvalue weighted by atomic mass is 9.67. The molecule has 0 aromatic carbocycles. The third kappa shape index (κ3) is 1.52. The number of fused-ring (bicyclic) bond motifs is 1. The Kier molecular flexibility index (Phi) is 2.66. The zero-order valence-electron chi connectivity index (χ0n) is 11.7. The number of ether oxygens (including phenoxy) is 2. The first kappa shape index (κ1) is 12.4. The maximum absolute atomic E-state index is 11.7. The van der Waals surface area contributed by atoms with Crippen LogP contribution < -0.4 is 0 Å². The first-order valence-electron chi connectivity index (χ1n) is 7.29. The van der Waals surface area contributed by atoms with Gasteiger partial charge in [-0.15, -0.1) is 0 Å². The minimum atomic E-state index is -0.192. The predicted octanol–water partition coefficient (Wildman–Crippen LogP) is 1.45. The second-order valence-electron chi connectivity index (χ2n) is 6.02. The molecule has 0 aromatic rings. The SMILES string of the molecule is COC1C=CC2=CCN3CCC4COC(=O)C=C4[C@]23C1. The molecule has 1 saturated heterocycles. The van der Waals surface area contributed by atoms with Crippen molar-refractivity contribution in [2.24, 2.45) is 5.92 Å². The molecule has 4 nitrogen and oxygen atoms in total. The Hall–Kier alpha value is -1.39. The van der Waals surface area contributed by atoms with Crippen LogP contribution in [0.2, 0.25) is 0 Å². The Bertz CT molecular complexity index is 548. The molecule has 1 fully saturated rings. The minimum absolute atomic E-state index is 0.116. The number of piperidine rings is 1. The number of cyclic esters (lactones) is 1. The predicted molar refractivity (Wildman–Crippen MR) is 74.1 cm³/mol. The van der Waals surface area contributed by atoms with Gasteiger partial charge in [0.05, 0.1) is 18.2 Å². The molecule has 4 rings (SSSR count). The lowest BCUT2D eigenvalue weighted by Gasteiger charge is -2.52. The van der Waals surface area contributed by atoms with Gasteiger partial charge in [0.25, 0.3) is 0 Å². The topological polar surface area (TPSA) is 38.8 Å². The van der Waals surface area contributed by atoms with E-state index in [0.717, 1.165) is 25.9 Å². The molecule has 2 unspecified atom stereocenters.